The molecule has 0 saturated carbocycles. The first-order chi connectivity index (χ1) is 15.9. The van der Waals surface area contributed by atoms with Crippen LogP contribution in [-0.4, -0.2) is 4.98 Å². The first-order valence-corrected chi connectivity index (χ1v) is 11.5. The van der Waals surface area contributed by atoms with Crippen molar-refractivity contribution >= 4 is 10.8 Å². The van der Waals surface area contributed by atoms with Gasteiger partial charge >= 0.3 is 0 Å². The minimum Gasteiger partial charge on any atom is -0.264 e. The van der Waals surface area contributed by atoms with Gasteiger partial charge in [0.1, 0.15) is 7.05 Å². The highest BCUT2D eigenvalue weighted by atomic mass is 14.9. The summed E-state index contributed by atoms with van der Waals surface area (Å²) < 4.78 is 2.26. The van der Waals surface area contributed by atoms with Gasteiger partial charge in [-0.1, -0.05) is 56.3 Å². The number of hydrogen-bond donors (Lipinski definition) is 0. The second kappa shape index (κ2) is 7.11. The predicted octanol–water partition coefficient (Wildman–Crippen LogP) is 7.01. The Morgan fingerprint density at radius 1 is 0.758 bits per heavy atom. The van der Waals surface area contributed by atoms with Crippen LogP contribution in [0.3, 0.4) is 0 Å². The maximum absolute atomic E-state index is 4.29. The molecule has 2 nitrogen and oxygen atoms in total. The number of aromatic nitrogens is 2. The molecule has 6 rings (SSSR count). The normalized spacial score (nSPS) is 13.7. The Morgan fingerprint density at radius 2 is 1.61 bits per heavy atom. The second-order valence-corrected chi connectivity index (χ2v) is 9.70. The van der Waals surface area contributed by atoms with E-state index < -0.39 is 0 Å². The fourth-order valence-corrected chi connectivity index (χ4v) is 5.53. The summed E-state index contributed by atoms with van der Waals surface area (Å²) in [5.74, 6) is 0. The van der Waals surface area contributed by atoms with Crippen LogP contribution in [0.15, 0.2) is 91.4 Å². The molecule has 0 spiro atoms. The van der Waals surface area contributed by atoms with Gasteiger partial charge in [0.25, 0.3) is 0 Å². The molecule has 5 aromatic rings. The molecule has 0 amide bonds. The Hall–Kier alpha value is -3.78. The van der Waals surface area contributed by atoms with E-state index in [4.69, 9.17) is 0 Å². The largest absolute Gasteiger partial charge is 0.264 e. The van der Waals surface area contributed by atoms with Gasteiger partial charge < -0.3 is 0 Å². The van der Waals surface area contributed by atoms with Crippen LogP contribution in [0.25, 0.3) is 44.3 Å². The molecule has 2 heteroatoms. The molecule has 33 heavy (non-hydrogen) atoms. The zero-order valence-electron chi connectivity index (χ0n) is 19.6. The zero-order chi connectivity index (χ0) is 22.7. The lowest BCUT2D eigenvalue weighted by atomic mass is 9.81. The van der Waals surface area contributed by atoms with Crippen molar-refractivity contribution in [2.45, 2.75) is 26.2 Å². The van der Waals surface area contributed by atoms with Crippen molar-refractivity contribution < 1.29 is 4.57 Å². The van der Waals surface area contributed by atoms with Gasteiger partial charge in [-0.3, -0.25) is 4.98 Å². The minimum atomic E-state index is -0.00892. The lowest BCUT2D eigenvalue weighted by molar-refractivity contribution is -0.659. The highest BCUT2D eigenvalue weighted by molar-refractivity contribution is 5.97. The van der Waals surface area contributed by atoms with Crippen LogP contribution in [0.4, 0.5) is 0 Å². The van der Waals surface area contributed by atoms with E-state index in [0.717, 1.165) is 5.56 Å². The van der Waals surface area contributed by atoms with E-state index in [2.05, 4.69) is 110 Å². The quantitative estimate of drug-likeness (QED) is 0.277. The van der Waals surface area contributed by atoms with E-state index in [-0.39, 0.29) is 5.41 Å². The molecule has 1 aliphatic carbocycles. The number of hydrogen-bond acceptors (Lipinski definition) is 1. The molecule has 160 valence electrons. The van der Waals surface area contributed by atoms with Gasteiger partial charge in [-0.25, -0.2) is 4.57 Å². The summed E-state index contributed by atoms with van der Waals surface area (Å²) in [7, 11) is 2.15. The molecule has 0 bridgehead atoms. The Bertz CT molecular complexity index is 1550. The molecule has 0 N–H and O–H groups in total. The van der Waals surface area contributed by atoms with Crippen LogP contribution < -0.4 is 4.57 Å². The average Bonchev–Trinajstić information content (AvgIpc) is 3.05. The second-order valence-electron chi connectivity index (χ2n) is 9.70. The molecular weight excluding hydrogens is 400 g/mol. The summed E-state index contributed by atoms with van der Waals surface area (Å²) in [5.41, 5.74) is 11.8. The zero-order valence-corrected chi connectivity index (χ0v) is 19.6. The SMILES string of the molecule is Cc1cc2c(cc1-c1c3ccc(-c4cccnc4)cc3cc[n+]1C)C(C)(C)c1ccccc1-2. The van der Waals surface area contributed by atoms with Gasteiger partial charge in [-0.15, -0.1) is 0 Å². The summed E-state index contributed by atoms with van der Waals surface area (Å²) in [6, 6.07) is 26.7. The molecule has 3 aromatic carbocycles. The van der Waals surface area contributed by atoms with E-state index in [1.807, 2.05) is 18.5 Å². The molecule has 0 unspecified atom stereocenters. The summed E-state index contributed by atoms with van der Waals surface area (Å²) in [5, 5.41) is 2.51. The van der Waals surface area contributed by atoms with Crippen LogP contribution in [0.2, 0.25) is 0 Å². The first-order valence-electron chi connectivity index (χ1n) is 11.5. The average molecular weight is 428 g/mol. The summed E-state index contributed by atoms with van der Waals surface area (Å²) in [6.45, 7) is 6.94. The Morgan fingerprint density at radius 3 is 2.42 bits per heavy atom. The Balaban J connectivity index is 1.57. The molecular formula is C31H27N2+. The van der Waals surface area contributed by atoms with Gasteiger partial charge in [0.05, 0.1) is 10.9 Å². The monoisotopic (exact) mass is 427 g/mol. The van der Waals surface area contributed by atoms with Crippen molar-refractivity contribution in [2.75, 3.05) is 0 Å². The maximum Gasteiger partial charge on any atom is 0.220 e. The van der Waals surface area contributed by atoms with E-state index >= 15 is 0 Å². The molecule has 2 heterocycles. The smallest absolute Gasteiger partial charge is 0.220 e. The van der Waals surface area contributed by atoms with Gasteiger partial charge in [-0.2, -0.15) is 0 Å². The third kappa shape index (κ3) is 2.94. The maximum atomic E-state index is 4.29. The summed E-state index contributed by atoms with van der Waals surface area (Å²) >= 11 is 0. The van der Waals surface area contributed by atoms with Crippen molar-refractivity contribution in [3.63, 3.8) is 0 Å². The first kappa shape index (κ1) is 19.9. The van der Waals surface area contributed by atoms with E-state index in [9.17, 15) is 0 Å². The fraction of sp³-hybridized carbons (Fsp3) is 0.161. The number of pyridine rings is 2. The topological polar surface area (TPSA) is 16.8 Å². The van der Waals surface area contributed by atoms with Gasteiger partial charge in [-0.05, 0) is 70.0 Å². The molecule has 0 fully saturated rings. The summed E-state index contributed by atoms with van der Waals surface area (Å²) in [6.07, 6.45) is 5.92. The third-order valence-electron chi connectivity index (χ3n) is 7.32. The molecule has 0 aliphatic heterocycles. The van der Waals surface area contributed by atoms with E-state index in [0.29, 0.717) is 0 Å². The number of rotatable bonds is 2. The van der Waals surface area contributed by atoms with Crippen molar-refractivity contribution in [2.24, 2.45) is 7.05 Å². The number of fused-ring (bicyclic) bond motifs is 4. The molecule has 2 aromatic heterocycles. The predicted molar refractivity (Wildman–Crippen MR) is 136 cm³/mol. The van der Waals surface area contributed by atoms with Crippen molar-refractivity contribution in [3.05, 3.63) is 108 Å². The van der Waals surface area contributed by atoms with Crippen molar-refractivity contribution in [1.29, 1.82) is 0 Å². The highest BCUT2D eigenvalue weighted by Gasteiger charge is 2.36. The Labute approximate surface area is 195 Å². The van der Waals surface area contributed by atoms with Crippen LogP contribution in [0, 0.1) is 6.92 Å². The van der Waals surface area contributed by atoms with Crippen LogP contribution in [0.1, 0.15) is 30.5 Å². The lowest BCUT2D eigenvalue weighted by Crippen LogP contribution is -2.31. The molecule has 0 saturated heterocycles. The third-order valence-corrected chi connectivity index (χ3v) is 7.32. The van der Waals surface area contributed by atoms with Crippen LogP contribution in [0.5, 0.6) is 0 Å². The molecule has 1 aliphatic rings. The summed E-state index contributed by atoms with van der Waals surface area (Å²) in [4.78, 5) is 4.29. The van der Waals surface area contributed by atoms with Crippen LogP contribution in [-0.2, 0) is 12.5 Å². The van der Waals surface area contributed by atoms with Gasteiger partial charge in [0.2, 0.25) is 5.69 Å². The molecule has 0 atom stereocenters. The van der Waals surface area contributed by atoms with E-state index in [1.165, 1.54) is 55.4 Å². The van der Waals surface area contributed by atoms with E-state index in [1.54, 1.807) is 0 Å². The van der Waals surface area contributed by atoms with Crippen LogP contribution >= 0.6 is 0 Å². The highest BCUT2D eigenvalue weighted by Crippen LogP contribution is 2.50. The molecule has 0 radical (unpaired) electrons. The number of aryl methyl sites for hydroxylation is 2. The van der Waals surface area contributed by atoms with Crippen molar-refractivity contribution in [3.8, 4) is 33.5 Å². The van der Waals surface area contributed by atoms with Gasteiger partial charge in [0, 0.05) is 29.4 Å². The number of nitrogens with zero attached hydrogens (tertiary/aromatic N) is 2. The lowest BCUT2D eigenvalue weighted by Gasteiger charge is -2.22. The van der Waals surface area contributed by atoms with Crippen molar-refractivity contribution in [1.82, 2.24) is 4.98 Å². The number of benzene rings is 3. The fourth-order valence-electron chi connectivity index (χ4n) is 5.53. The van der Waals surface area contributed by atoms with Gasteiger partial charge in [0.15, 0.2) is 6.20 Å². The standard InChI is InChI=1S/C31H27N2/c1-20-16-27-25-9-5-6-10-28(25)31(2,3)29(27)18-26(20)30-24-12-11-21(23-8-7-14-32-19-23)17-22(24)13-15-33(30)4/h5-19H,1-4H3/q+1. The Kier molecular flexibility index (Phi) is 4.28. The minimum absolute atomic E-state index is 0.00892.